The van der Waals surface area contributed by atoms with Gasteiger partial charge in [-0.25, -0.2) is 9.48 Å². The molecule has 3 unspecified atom stereocenters. The number of amides is 2. The molecule has 3 N–H and O–H groups in total. The van der Waals surface area contributed by atoms with E-state index in [4.69, 9.17) is 9.84 Å². The summed E-state index contributed by atoms with van der Waals surface area (Å²) in [5.74, 6) is 2.15. The van der Waals surface area contributed by atoms with Gasteiger partial charge in [-0.3, -0.25) is 14.4 Å². The predicted molar refractivity (Wildman–Crippen MR) is 183 cm³/mol. The third kappa shape index (κ3) is 6.34. The maximum atomic E-state index is 13.5. The maximum Gasteiger partial charge on any atom is 0.320 e. The number of hydrogen-bond acceptors (Lipinski definition) is 8. The van der Waals surface area contributed by atoms with Crippen molar-refractivity contribution in [1.82, 2.24) is 39.5 Å². The number of urea groups is 1. The number of nitrogens with one attached hydrogen (secondary N) is 2. The molecule has 0 bridgehead atoms. The van der Waals surface area contributed by atoms with Gasteiger partial charge in [0, 0.05) is 24.1 Å². The first-order valence-corrected chi connectivity index (χ1v) is 16.9. The number of carbonyl (C=O) groups excluding carboxylic acids is 1. The molecule has 1 aromatic carbocycles. The van der Waals surface area contributed by atoms with Gasteiger partial charge in [0.2, 0.25) is 5.95 Å². The summed E-state index contributed by atoms with van der Waals surface area (Å²) in [5.41, 5.74) is 4.18. The minimum absolute atomic E-state index is 0.0218. The third-order valence-corrected chi connectivity index (χ3v) is 9.35. The molecule has 0 spiro atoms. The second kappa shape index (κ2) is 12.9. The van der Waals surface area contributed by atoms with E-state index < -0.39 is 0 Å². The quantitative estimate of drug-likeness (QED) is 0.198. The van der Waals surface area contributed by atoms with Crippen LogP contribution in [0.25, 0.3) is 11.3 Å². The predicted octanol–water partition coefficient (Wildman–Crippen LogP) is 5.56. The Bertz CT molecular complexity index is 1900. The number of pyridine rings is 1. The number of aliphatic hydroxyl groups excluding tert-OH is 1. The van der Waals surface area contributed by atoms with Gasteiger partial charge in [-0.05, 0) is 62.3 Å². The minimum Gasteiger partial charge on any atom is -0.484 e. The van der Waals surface area contributed by atoms with Crippen LogP contribution in [-0.2, 0) is 12.0 Å². The summed E-state index contributed by atoms with van der Waals surface area (Å²) in [6.45, 7) is 9.80. The topological polar surface area (TPSA) is 140 Å². The zero-order chi connectivity index (χ0) is 33.4. The van der Waals surface area contributed by atoms with E-state index in [1.807, 2.05) is 40.9 Å². The van der Waals surface area contributed by atoms with Crippen LogP contribution in [-0.4, -0.2) is 64.5 Å². The molecular formula is C35H44N10O3. The van der Waals surface area contributed by atoms with Gasteiger partial charge in [0.05, 0.1) is 43.5 Å². The fourth-order valence-corrected chi connectivity index (χ4v) is 6.74. The summed E-state index contributed by atoms with van der Waals surface area (Å²) >= 11 is 0. The van der Waals surface area contributed by atoms with Crippen molar-refractivity contribution in [3.63, 3.8) is 0 Å². The van der Waals surface area contributed by atoms with E-state index in [1.54, 1.807) is 21.8 Å². The van der Waals surface area contributed by atoms with Crippen LogP contribution in [0.5, 0.6) is 5.75 Å². The molecule has 0 saturated carbocycles. The van der Waals surface area contributed by atoms with Crippen LogP contribution in [0.1, 0.15) is 88.8 Å². The highest BCUT2D eigenvalue weighted by Gasteiger charge is 2.31. The molecule has 1 saturated heterocycles. The highest BCUT2D eigenvalue weighted by Crippen LogP contribution is 2.39. The van der Waals surface area contributed by atoms with Crippen molar-refractivity contribution in [3.05, 3.63) is 77.9 Å². The largest absolute Gasteiger partial charge is 0.484 e. The van der Waals surface area contributed by atoms with Gasteiger partial charge in [-0.2, -0.15) is 10.2 Å². The van der Waals surface area contributed by atoms with Gasteiger partial charge in [-0.15, -0.1) is 10.2 Å². The van der Waals surface area contributed by atoms with E-state index in [1.165, 1.54) is 6.42 Å². The van der Waals surface area contributed by atoms with E-state index in [9.17, 15) is 9.90 Å². The van der Waals surface area contributed by atoms with Crippen LogP contribution in [0, 0.1) is 0 Å². The normalized spacial score (nSPS) is 19.7. The number of rotatable bonds is 8. The van der Waals surface area contributed by atoms with Crippen molar-refractivity contribution in [2.45, 2.75) is 89.9 Å². The summed E-state index contributed by atoms with van der Waals surface area (Å²) in [5, 5.41) is 33.6. The van der Waals surface area contributed by atoms with Gasteiger partial charge in [0.1, 0.15) is 23.4 Å². The Morgan fingerprint density at radius 3 is 2.67 bits per heavy atom. The molecule has 2 amide bonds. The van der Waals surface area contributed by atoms with Crippen LogP contribution < -0.4 is 20.3 Å². The van der Waals surface area contributed by atoms with Crippen molar-refractivity contribution in [2.75, 3.05) is 23.4 Å². The summed E-state index contributed by atoms with van der Waals surface area (Å²) in [6, 6.07) is 13.9. The highest BCUT2D eigenvalue weighted by molar-refractivity contribution is 5.89. The molecule has 1 fully saturated rings. The Morgan fingerprint density at radius 2 is 1.88 bits per heavy atom. The minimum atomic E-state index is -0.323. The van der Waals surface area contributed by atoms with Gasteiger partial charge >= 0.3 is 6.03 Å². The van der Waals surface area contributed by atoms with Crippen LogP contribution >= 0.6 is 0 Å². The first-order valence-electron chi connectivity index (χ1n) is 16.9. The molecule has 3 atom stereocenters. The highest BCUT2D eigenvalue weighted by atomic mass is 16.5. The third-order valence-electron chi connectivity index (χ3n) is 9.35. The van der Waals surface area contributed by atoms with E-state index >= 15 is 0 Å². The monoisotopic (exact) mass is 652 g/mol. The van der Waals surface area contributed by atoms with Crippen LogP contribution in [0.15, 0.2) is 61.1 Å². The molecule has 1 aliphatic carbocycles. The first kappa shape index (κ1) is 31.7. The molecule has 5 aromatic rings. The van der Waals surface area contributed by atoms with E-state index in [-0.39, 0.29) is 30.2 Å². The van der Waals surface area contributed by atoms with Crippen LogP contribution in [0.3, 0.4) is 0 Å². The molecule has 252 valence electrons. The molecule has 1 aliphatic heterocycles. The standard InChI is InChI=1S/C35H44N10O3/c1-23-9-7-8-16-43(23)34-40-39-31-15-12-25(22-44(31)34)48-29-14-13-28(26-10-5-6-11-27(26)29)37-33(47)38-32-19-30(35(2,3)4)41-45(32)24-20-36-42(21-24)17-18-46/h5-6,10-12,15,19-23,28-29,46H,7-9,13-14,16-18H2,1-4H3,(H2,37,38,47). The SMILES string of the molecule is CC1CCCCN1c1nnc2ccc(OC3CCC(NC(=O)Nc4cc(C(C)(C)C)nn4-c4cnn(CCO)c4)c4ccccc43)cn12. The van der Waals surface area contributed by atoms with Crippen molar-refractivity contribution in [3.8, 4) is 11.4 Å². The molecule has 7 rings (SSSR count). The fourth-order valence-electron chi connectivity index (χ4n) is 6.74. The molecular weight excluding hydrogens is 608 g/mol. The molecule has 2 aliphatic rings. The number of ether oxygens (including phenoxy) is 1. The maximum absolute atomic E-state index is 13.5. The summed E-state index contributed by atoms with van der Waals surface area (Å²) in [6.07, 6.45) is 10.3. The fraction of sp³-hybridized carbons (Fsp3) is 0.457. The van der Waals surface area contributed by atoms with E-state index in [2.05, 4.69) is 70.7 Å². The number of fused-ring (bicyclic) bond motifs is 2. The van der Waals surface area contributed by atoms with Crippen molar-refractivity contribution in [1.29, 1.82) is 0 Å². The zero-order valence-corrected chi connectivity index (χ0v) is 28.0. The van der Waals surface area contributed by atoms with Crippen molar-refractivity contribution in [2.24, 2.45) is 0 Å². The summed E-state index contributed by atoms with van der Waals surface area (Å²) in [7, 11) is 0. The molecule has 13 heteroatoms. The van der Waals surface area contributed by atoms with Gasteiger partial charge in [-0.1, -0.05) is 45.0 Å². The van der Waals surface area contributed by atoms with Crippen molar-refractivity contribution >= 4 is 23.4 Å². The van der Waals surface area contributed by atoms with Crippen LogP contribution in [0.2, 0.25) is 0 Å². The number of benzene rings is 1. The number of piperidine rings is 1. The lowest BCUT2D eigenvalue weighted by atomic mass is 9.85. The smallest absolute Gasteiger partial charge is 0.320 e. The average molecular weight is 653 g/mol. The number of anilines is 2. The Kier molecular flexibility index (Phi) is 8.54. The van der Waals surface area contributed by atoms with Crippen LogP contribution in [0.4, 0.5) is 16.6 Å². The Balaban J connectivity index is 1.08. The Labute approximate surface area is 279 Å². The lowest BCUT2D eigenvalue weighted by Crippen LogP contribution is -2.38. The molecule has 5 heterocycles. The average Bonchev–Trinajstić information content (AvgIpc) is 3.81. The van der Waals surface area contributed by atoms with Gasteiger partial charge < -0.3 is 20.1 Å². The number of nitrogens with zero attached hydrogens (tertiary/aromatic N) is 8. The number of aliphatic hydroxyl groups is 1. The zero-order valence-electron chi connectivity index (χ0n) is 28.0. The number of carbonyl (C=O) groups is 1. The summed E-state index contributed by atoms with van der Waals surface area (Å²) < 4.78 is 12.0. The Hall–Kier alpha value is -4.91. The Morgan fingerprint density at radius 1 is 1.04 bits per heavy atom. The molecule has 13 nitrogen and oxygen atoms in total. The lowest BCUT2D eigenvalue weighted by molar-refractivity contribution is 0.171. The number of hydrogen-bond donors (Lipinski definition) is 3. The van der Waals surface area contributed by atoms with E-state index in [0.29, 0.717) is 30.5 Å². The van der Waals surface area contributed by atoms with E-state index in [0.717, 1.165) is 60.0 Å². The van der Waals surface area contributed by atoms with Crippen molar-refractivity contribution < 1.29 is 14.6 Å². The second-order valence-electron chi connectivity index (χ2n) is 13.9. The van der Waals surface area contributed by atoms with Gasteiger partial charge in [0.15, 0.2) is 5.65 Å². The molecule has 48 heavy (non-hydrogen) atoms. The molecule has 4 aromatic heterocycles. The number of aromatic nitrogens is 7. The first-order chi connectivity index (χ1) is 23.2. The lowest BCUT2D eigenvalue weighted by Gasteiger charge is -2.33. The molecule has 0 radical (unpaired) electrons. The summed E-state index contributed by atoms with van der Waals surface area (Å²) in [4.78, 5) is 15.9. The second-order valence-corrected chi connectivity index (χ2v) is 13.9. The van der Waals surface area contributed by atoms with Gasteiger partial charge in [0.25, 0.3) is 0 Å².